The van der Waals surface area contributed by atoms with E-state index in [1.54, 1.807) is 6.92 Å². The maximum absolute atomic E-state index is 11.2. The van der Waals surface area contributed by atoms with Gasteiger partial charge in [0.25, 0.3) is 10.1 Å². The average Bonchev–Trinajstić information content (AvgIpc) is 2.22. The lowest BCUT2D eigenvalue weighted by atomic mass is 10.4. The molecule has 0 aromatic heterocycles. The summed E-state index contributed by atoms with van der Waals surface area (Å²) in [5.74, 6) is -1.14. The highest BCUT2D eigenvalue weighted by atomic mass is 32.2. The van der Waals surface area contributed by atoms with Crippen LogP contribution in [-0.2, 0) is 28.6 Å². The van der Waals surface area contributed by atoms with E-state index in [4.69, 9.17) is 14.6 Å². The molecule has 7 nitrogen and oxygen atoms in total. The number of aliphatic hydroxyl groups is 1. The van der Waals surface area contributed by atoms with Gasteiger partial charge in [-0.25, -0.2) is 4.18 Å². The number of carbonyl (C=O) groups is 1. The third kappa shape index (κ3) is 8.22. The number of rotatable bonds is 10. The van der Waals surface area contributed by atoms with Crippen LogP contribution in [0.3, 0.4) is 0 Å². The predicted octanol–water partition coefficient (Wildman–Crippen LogP) is -0.707. The van der Waals surface area contributed by atoms with E-state index in [9.17, 15) is 13.2 Å². The Hall–Kier alpha value is -0.540. The van der Waals surface area contributed by atoms with Gasteiger partial charge in [0.1, 0.15) is 0 Å². The molecule has 0 radical (unpaired) electrons. The quantitative estimate of drug-likeness (QED) is 0.318. The number of carbonyl (C=O) groups excluding carboxylic acids is 1. The normalized spacial score (nSPS) is 13.6. The molecule has 0 saturated carbocycles. The van der Waals surface area contributed by atoms with Gasteiger partial charge in [-0.05, 0) is 13.8 Å². The summed E-state index contributed by atoms with van der Waals surface area (Å²) >= 11 is 0. The molecule has 0 aliphatic heterocycles. The molecule has 0 fully saturated rings. The summed E-state index contributed by atoms with van der Waals surface area (Å²) in [5.41, 5.74) is 0. The van der Waals surface area contributed by atoms with Gasteiger partial charge in [0.15, 0.2) is 5.78 Å². The highest BCUT2D eigenvalue weighted by Crippen LogP contribution is 2.04. The summed E-state index contributed by atoms with van der Waals surface area (Å²) in [6.45, 7) is 3.16. The Bertz CT molecular complexity index is 311. The van der Waals surface area contributed by atoms with Crippen LogP contribution in [0.1, 0.15) is 13.8 Å². The molecule has 0 aromatic rings. The second kappa shape index (κ2) is 8.54. The first-order valence-electron chi connectivity index (χ1n) is 5.14. The van der Waals surface area contributed by atoms with Crippen molar-refractivity contribution in [2.45, 2.75) is 20.1 Å². The van der Waals surface area contributed by atoms with Gasteiger partial charge in [0, 0.05) is 6.61 Å². The summed E-state index contributed by atoms with van der Waals surface area (Å²) in [7, 11) is -3.96. The fourth-order valence-electron chi connectivity index (χ4n) is 0.864. The van der Waals surface area contributed by atoms with E-state index in [2.05, 4.69) is 4.18 Å². The zero-order valence-electron chi connectivity index (χ0n) is 9.92. The van der Waals surface area contributed by atoms with Crippen LogP contribution < -0.4 is 0 Å². The Labute approximate surface area is 101 Å². The summed E-state index contributed by atoms with van der Waals surface area (Å²) < 4.78 is 36.8. The van der Waals surface area contributed by atoms with E-state index in [1.807, 2.05) is 0 Å². The van der Waals surface area contributed by atoms with Gasteiger partial charge in [-0.2, -0.15) is 8.42 Å². The molecule has 0 amide bonds. The van der Waals surface area contributed by atoms with Gasteiger partial charge >= 0.3 is 0 Å². The third-order valence-corrected chi connectivity index (χ3v) is 2.76. The number of aliphatic hydroxyl groups excluding tert-OH is 1. The van der Waals surface area contributed by atoms with Crippen molar-refractivity contribution in [3.05, 3.63) is 0 Å². The van der Waals surface area contributed by atoms with Crippen LogP contribution in [0.25, 0.3) is 0 Å². The molecule has 102 valence electrons. The SMILES string of the molecule is CCOCCOC(OS(=O)(=O)CCO)C(C)=O. The Morgan fingerprint density at radius 1 is 1.35 bits per heavy atom. The lowest BCUT2D eigenvalue weighted by molar-refractivity contribution is -0.149. The van der Waals surface area contributed by atoms with Crippen LogP contribution in [0.2, 0.25) is 0 Å². The van der Waals surface area contributed by atoms with E-state index in [0.717, 1.165) is 6.92 Å². The molecule has 0 spiro atoms. The molecule has 0 rings (SSSR count). The topological polar surface area (TPSA) is 99.1 Å². The first-order valence-corrected chi connectivity index (χ1v) is 6.72. The molecule has 0 aromatic carbocycles. The number of hydrogen-bond acceptors (Lipinski definition) is 7. The van der Waals surface area contributed by atoms with Crippen molar-refractivity contribution in [2.75, 3.05) is 32.2 Å². The second-order valence-electron chi connectivity index (χ2n) is 3.09. The van der Waals surface area contributed by atoms with Crippen molar-refractivity contribution < 1.29 is 32.0 Å². The smallest absolute Gasteiger partial charge is 0.272 e. The maximum atomic E-state index is 11.2. The molecule has 17 heavy (non-hydrogen) atoms. The Kier molecular flexibility index (Phi) is 8.26. The number of hydrogen-bond donors (Lipinski definition) is 1. The maximum Gasteiger partial charge on any atom is 0.272 e. The van der Waals surface area contributed by atoms with Crippen molar-refractivity contribution in [2.24, 2.45) is 0 Å². The lowest BCUT2D eigenvalue weighted by Crippen LogP contribution is -2.31. The molecule has 0 bridgehead atoms. The Morgan fingerprint density at radius 2 is 2.00 bits per heavy atom. The molecule has 8 heteroatoms. The van der Waals surface area contributed by atoms with Crippen molar-refractivity contribution >= 4 is 15.9 Å². The molecule has 1 atom stereocenters. The standard InChI is InChI=1S/C9H18O7S/c1-3-14-5-6-15-9(8(2)11)16-17(12,13)7-4-10/h9-10H,3-7H2,1-2H3. The van der Waals surface area contributed by atoms with Crippen LogP contribution in [-0.4, -0.2) is 57.8 Å². The van der Waals surface area contributed by atoms with Crippen LogP contribution in [0.4, 0.5) is 0 Å². The molecule has 1 N–H and O–H groups in total. The molecule has 0 aliphatic carbocycles. The zero-order chi connectivity index (χ0) is 13.3. The first kappa shape index (κ1) is 16.5. The van der Waals surface area contributed by atoms with Gasteiger partial charge < -0.3 is 14.6 Å². The summed E-state index contributed by atoms with van der Waals surface area (Å²) in [5, 5.41) is 8.49. The molecule has 1 unspecified atom stereocenters. The van der Waals surface area contributed by atoms with Crippen molar-refractivity contribution in [3.63, 3.8) is 0 Å². The highest BCUT2D eigenvalue weighted by molar-refractivity contribution is 7.86. The average molecular weight is 270 g/mol. The van der Waals surface area contributed by atoms with Crippen LogP contribution >= 0.6 is 0 Å². The van der Waals surface area contributed by atoms with Crippen LogP contribution in [0.5, 0.6) is 0 Å². The van der Waals surface area contributed by atoms with E-state index < -0.39 is 34.6 Å². The van der Waals surface area contributed by atoms with Gasteiger partial charge in [-0.3, -0.25) is 4.79 Å². The summed E-state index contributed by atoms with van der Waals surface area (Å²) in [6.07, 6.45) is -1.48. The molecule has 0 saturated heterocycles. The fraction of sp³-hybridized carbons (Fsp3) is 0.889. The van der Waals surface area contributed by atoms with Crippen molar-refractivity contribution in [3.8, 4) is 0 Å². The van der Waals surface area contributed by atoms with E-state index >= 15 is 0 Å². The predicted molar refractivity (Wildman–Crippen MR) is 58.9 cm³/mol. The second-order valence-corrected chi connectivity index (χ2v) is 4.81. The Morgan fingerprint density at radius 3 is 2.47 bits per heavy atom. The molecular weight excluding hydrogens is 252 g/mol. The van der Waals surface area contributed by atoms with Gasteiger partial charge in [0.05, 0.1) is 25.6 Å². The number of Topliss-reactive ketones (excluding diaryl/α,β-unsaturated/α-hetero) is 1. The highest BCUT2D eigenvalue weighted by Gasteiger charge is 2.23. The minimum atomic E-state index is -3.96. The van der Waals surface area contributed by atoms with Crippen molar-refractivity contribution in [1.82, 2.24) is 0 Å². The first-order chi connectivity index (χ1) is 7.93. The summed E-state index contributed by atoms with van der Waals surface area (Å²) in [4.78, 5) is 11.1. The molecule has 0 aliphatic rings. The number of ether oxygens (including phenoxy) is 2. The largest absolute Gasteiger partial charge is 0.395 e. The Balaban J connectivity index is 4.20. The lowest BCUT2D eigenvalue weighted by Gasteiger charge is -2.15. The summed E-state index contributed by atoms with van der Waals surface area (Å²) in [6, 6.07) is 0. The third-order valence-electron chi connectivity index (χ3n) is 1.61. The van der Waals surface area contributed by atoms with Crippen LogP contribution in [0.15, 0.2) is 0 Å². The monoisotopic (exact) mass is 270 g/mol. The number of ketones is 1. The van der Waals surface area contributed by atoms with Gasteiger partial charge in [0.2, 0.25) is 6.29 Å². The van der Waals surface area contributed by atoms with E-state index in [1.165, 1.54) is 0 Å². The molecule has 0 heterocycles. The van der Waals surface area contributed by atoms with E-state index in [0.29, 0.717) is 6.61 Å². The van der Waals surface area contributed by atoms with E-state index in [-0.39, 0.29) is 13.2 Å². The van der Waals surface area contributed by atoms with Crippen LogP contribution in [0, 0.1) is 0 Å². The fourth-order valence-corrected chi connectivity index (χ4v) is 1.64. The molecular formula is C9H18O7S. The van der Waals surface area contributed by atoms with Gasteiger partial charge in [-0.15, -0.1) is 0 Å². The minimum absolute atomic E-state index is 0.0483. The zero-order valence-corrected chi connectivity index (χ0v) is 10.7. The van der Waals surface area contributed by atoms with Gasteiger partial charge in [-0.1, -0.05) is 0 Å². The van der Waals surface area contributed by atoms with Crippen molar-refractivity contribution in [1.29, 1.82) is 0 Å². The minimum Gasteiger partial charge on any atom is -0.395 e.